The van der Waals surface area contributed by atoms with Crippen molar-refractivity contribution in [2.24, 2.45) is 0 Å². The number of fused-ring (bicyclic) bond motifs is 8. The molecule has 1 aliphatic rings. The largest absolute Gasteiger partial charge is 0.289 e. The first-order valence-electron chi connectivity index (χ1n) is 14.6. The Labute approximate surface area is 257 Å². The molecule has 0 amide bonds. The highest BCUT2D eigenvalue weighted by molar-refractivity contribution is 7.26. The monoisotopic (exact) mass is 586 g/mol. The average molecular weight is 587 g/mol. The van der Waals surface area contributed by atoms with Crippen LogP contribution in [0.4, 0.5) is 0 Å². The maximum Gasteiger partial charge on any atom is 0.193 e. The lowest BCUT2D eigenvalue weighted by atomic mass is 9.67. The molecule has 3 heteroatoms. The van der Waals surface area contributed by atoms with Gasteiger partial charge in [-0.25, -0.2) is 0 Å². The van der Waals surface area contributed by atoms with Gasteiger partial charge in [0.2, 0.25) is 0 Å². The summed E-state index contributed by atoms with van der Waals surface area (Å²) in [4.78, 5) is 14.0. The van der Waals surface area contributed by atoms with Crippen LogP contribution in [0.15, 0.2) is 121 Å². The van der Waals surface area contributed by atoms with Crippen LogP contribution in [0.3, 0.4) is 0 Å². The zero-order valence-electron chi connectivity index (χ0n) is 23.8. The van der Waals surface area contributed by atoms with Gasteiger partial charge in [0.1, 0.15) is 0 Å². The van der Waals surface area contributed by atoms with Gasteiger partial charge in [-0.15, -0.1) is 22.7 Å². The van der Waals surface area contributed by atoms with Crippen molar-refractivity contribution in [2.75, 3.05) is 0 Å². The Hall–Kier alpha value is -4.57. The number of ketones is 1. The number of rotatable bonds is 2. The maximum absolute atomic E-state index is 14.0. The van der Waals surface area contributed by atoms with Crippen molar-refractivity contribution in [1.29, 1.82) is 0 Å². The smallest absolute Gasteiger partial charge is 0.193 e. The molecule has 2 heterocycles. The van der Waals surface area contributed by atoms with Gasteiger partial charge in [0, 0.05) is 56.9 Å². The summed E-state index contributed by atoms with van der Waals surface area (Å²) >= 11 is 3.69. The molecule has 1 aliphatic carbocycles. The fraction of sp³-hybridized carbons (Fsp3) is 0.0750. The van der Waals surface area contributed by atoms with Crippen molar-refractivity contribution in [3.63, 3.8) is 0 Å². The molecule has 0 saturated carbocycles. The van der Waals surface area contributed by atoms with E-state index in [1.165, 1.54) is 51.5 Å². The quantitative estimate of drug-likeness (QED) is 0.197. The Balaban J connectivity index is 1.21. The third-order valence-corrected chi connectivity index (χ3v) is 11.7. The first kappa shape index (κ1) is 25.0. The molecular formula is C40H26OS2. The van der Waals surface area contributed by atoms with E-state index in [4.69, 9.17) is 0 Å². The average Bonchev–Trinajstić information content (AvgIpc) is 3.62. The molecule has 1 nitrogen and oxygen atoms in total. The van der Waals surface area contributed by atoms with Gasteiger partial charge in [0.05, 0.1) is 0 Å². The van der Waals surface area contributed by atoms with E-state index < -0.39 is 0 Å². The zero-order chi connectivity index (χ0) is 28.9. The van der Waals surface area contributed by atoms with E-state index >= 15 is 0 Å². The molecule has 8 aromatic rings. The van der Waals surface area contributed by atoms with Crippen molar-refractivity contribution in [3.8, 4) is 22.3 Å². The molecule has 43 heavy (non-hydrogen) atoms. The Kier molecular flexibility index (Phi) is 5.21. The van der Waals surface area contributed by atoms with Gasteiger partial charge in [0.25, 0.3) is 0 Å². The number of benzene rings is 6. The van der Waals surface area contributed by atoms with Gasteiger partial charge >= 0.3 is 0 Å². The predicted octanol–water partition coefficient (Wildman–Crippen LogP) is 11.6. The highest BCUT2D eigenvalue weighted by Crippen LogP contribution is 2.47. The van der Waals surface area contributed by atoms with Crippen LogP contribution in [-0.4, -0.2) is 5.78 Å². The highest BCUT2D eigenvalue weighted by atomic mass is 32.1. The highest BCUT2D eigenvalue weighted by Gasteiger charge is 2.37. The fourth-order valence-electron chi connectivity index (χ4n) is 7.09. The van der Waals surface area contributed by atoms with E-state index in [-0.39, 0.29) is 11.2 Å². The molecule has 2 aromatic heterocycles. The van der Waals surface area contributed by atoms with Crippen LogP contribution in [0.1, 0.15) is 40.9 Å². The number of carbonyl (C=O) groups is 1. The zero-order valence-corrected chi connectivity index (χ0v) is 25.4. The fourth-order valence-corrected chi connectivity index (χ4v) is 9.57. The lowest BCUT2D eigenvalue weighted by Gasteiger charge is -2.35. The molecule has 0 atom stereocenters. The van der Waals surface area contributed by atoms with Gasteiger partial charge in [-0.2, -0.15) is 0 Å². The number of hydrogen-bond donors (Lipinski definition) is 0. The lowest BCUT2D eigenvalue weighted by molar-refractivity contribution is 0.103. The van der Waals surface area contributed by atoms with Crippen LogP contribution in [0.2, 0.25) is 0 Å². The summed E-state index contributed by atoms with van der Waals surface area (Å²) in [6.45, 7) is 4.54. The molecule has 0 fully saturated rings. The van der Waals surface area contributed by atoms with E-state index in [0.29, 0.717) is 0 Å². The summed E-state index contributed by atoms with van der Waals surface area (Å²) in [5, 5.41) is 5.17. The van der Waals surface area contributed by atoms with Crippen LogP contribution in [0.25, 0.3) is 62.6 Å². The Morgan fingerprint density at radius 1 is 0.465 bits per heavy atom. The van der Waals surface area contributed by atoms with E-state index in [1.807, 2.05) is 22.7 Å². The Morgan fingerprint density at radius 3 is 1.40 bits per heavy atom. The van der Waals surface area contributed by atoms with E-state index in [2.05, 4.69) is 135 Å². The van der Waals surface area contributed by atoms with E-state index in [1.54, 1.807) is 0 Å². The molecular weight excluding hydrogens is 561 g/mol. The summed E-state index contributed by atoms with van der Waals surface area (Å²) in [5.74, 6) is 0.113. The number of hydrogen-bond acceptors (Lipinski definition) is 3. The van der Waals surface area contributed by atoms with Crippen molar-refractivity contribution < 1.29 is 4.79 Å². The van der Waals surface area contributed by atoms with E-state index in [0.717, 1.165) is 33.4 Å². The molecule has 0 radical (unpaired) electrons. The van der Waals surface area contributed by atoms with E-state index in [9.17, 15) is 4.79 Å². The standard InChI is InChI=1S/C40H26OS2/c1-40(2)33-21-23(25-11-7-13-29-27-9-3-5-15-35(27)42-38(25)29)17-19-31(33)37(41)32-20-18-24(22-34(32)40)26-12-8-14-30-28-10-4-6-16-36(28)43-39(26)30/h3-22H,1-2H3. The van der Waals surface area contributed by atoms with Gasteiger partial charge < -0.3 is 0 Å². The van der Waals surface area contributed by atoms with Crippen molar-refractivity contribution in [2.45, 2.75) is 19.3 Å². The lowest BCUT2D eigenvalue weighted by Crippen LogP contribution is -2.30. The molecule has 0 spiro atoms. The third-order valence-electron chi connectivity index (χ3n) is 9.31. The normalized spacial score (nSPS) is 14.0. The van der Waals surface area contributed by atoms with Crippen molar-refractivity contribution in [3.05, 3.63) is 144 Å². The summed E-state index contributed by atoms with van der Waals surface area (Å²) in [6, 6.07) is 43.4. The summed E-state index contributed by atoms with van der Waals surface area (Å²) in [5.41, 5.74) is 8.23. The van der Waals surface area contributed by atoms with Crippen molar-refractivity contribution >= 4 is 68.8 Å². The maximum atomic E-state index is 14.0. The second kappa shape index (κ2) is 8.97. The minimum Gasteiger partial charge on any atom is -0.289 e. The number of thiophene rings is 2. The van der Waals surface area contributed by atoms with Crippen molar-refractivity contribution in [1.82, 2.24) is 0 Å². The second-order valence-corrected chi connectivity index (χ2v) is 14.1. The molecule has 0 aliphatic heterocycles. The molecule has 0 saturated heterocycles. The van der Waals surface area contributed by atoms with Gasteiger partial charge in [0.15, 0.2) is 5.78 Å². The first-order chi connectivity index (χ1) is 21.0. The van der Waals surface area contributed by atoms with Gasteiger partial charge in [-0.3, -0.25) is 4.79 Å². The van der Waals surface area contributed by atoms with Crippen LogP contribution >= 0.6 is 22.7 Å². The summed E-state index contributed by atoms with van der Waals surface area (Å²) < 4.78 is 5.19. The minimum absolute atomic E-state index is 0.113. The second-order valence-electron chi connectivity index (χ2n) is 12.0. The topological polar surface area (TPSA) is 17.1 Å². The predicted molar refractivity (Wildman–Crippen MR) is 185 cm³/mol. The SMILES string of the molecule is CC1(C)c2cc(-c3cccc4c3sc3ccccc34)ccc2C(=O)c2ccc(-c3cccc4c3sc3ccccc34)cc21. The molecule has 6 aromatic carbocycles. The molecule has 0 bridgehead atoms. The minimum atomic E-state index is -0.341. The molecule has 204 valence electrons. The Bertz CT molecular complexity index is 2280. The van der Waals surface area contributed by atoms with Crippen LogP contribution in [0, 0.1) is 0 Å². The molecule has 0 N–H and O–H groups in total. The van der Waals surface area contributed by atoms with Crippen LogP contribution < -0.4 is 0 Å². The molecule has 9 rings (SSSR count). The number of carbonyl (C=O) groups excluding carboxylic acids is 1. The van der Waals surface area contributed by atoms with Crippen LogP contribution in [0.5, 0.6) is 0 Å². The molecule has 0 unspecified atom stereocenters. The first-order valence-corrected chi connectivity index (χ1v) is 16.3. The third kappa shape index (κ3) is 3.53. The Morgan fingerprint density at radius 2 is 0.907 bits per heavy atom. The van der Waals surface area contributed by atoms with Gasteiger partial charge in [-0.05, 0) is 57.6 Å². The summed E-state index contributed by atoms with van der Waals surface area (Å²) in [7, 11) is 0. The summed E-state index contributed by atoms with van der Waals surface area (Å²) in [6.07, 6.45) is 0. The van der Waals surface area contributed by atoms with Crippen LogP contribution in [-0.2, 0) is 5.41 Å². The van der Waals surface area contributed by atoms with Gasteiger partial charge in [-0.1, -0.05) is 111 Å².